The molecule has 2 heterocycles. The molecule has 1 aromatic heterocycles. The second-order valence-electron chi connectivity index (χ2n) is 8.11. The summed E-state index contributed by atoms with van der Waals surface area (Å²) in [6, 6.07) is 16.2. The molecule has 0 N–H and O–H groups in total. The highest BCUT2D eigenvalue weighted by Gasteiger charge is 2.27. The first-order valence-corrected chi connectivity index (χ1v) is 9.90. The van der Waals surface area contributed by atoms with Crippen molar-refractivity contribution in [1.82, 2.24) is 9.47 Å². The van der Waals surface area contributed by atoms with Gasteiger partial charge in [0.05, 0.1) is 0 Å². The maximum atomic E-state index is 2.64. The number of aryl methyl sites for hydroxylation is 4. The van der Waals surface area contributed by atoms with Crippen LogP contribution in [0.5, 0.6) is 0 Å². The lowest BCUT2D eigenvalue weighted by molar-refractivity contribution is 0.228. The van der Waals surface area contributed by atoms with Crippen LogP contribution in [0.2, 0.25) is 0 Å². The quantitative estimate of drug-likeness (QED) is 0.625. The normalized spacial score (nSPS) is 17.6. The molecular weight excluding hydrogens is 316 g/mol. The minimum Gasteiger partial charge on any atom is -0.344 e. The van der Waals surface area contributed by atoms with Crippen molar-refractivity contribution in [2.24, 2.45) is 0 Å². The summed E-state index contributed by atoms with van der Waals surface area (Å²) in [6.45, 7) is 9.04. The van der Waals surface area contributed by atoms with E-state index in [9.17, 15) is 0 Å². The van der Waals surface area contributed by atoms with Crippen LogP contribution in [0, 0.1) is 13.8 Å². The van der Waals surface area contributed by atoms with E-state index in [2.05, 4.69) is 79.8 Å². The number of aromatic nitrogens is 1. The third kappa shape index (κ3) is 3.07. The van der Waals surface area contributed by atoms with Crippen LogP contribution >= 0.6 is 0 Å². The highest BCUT2D eigenvalue weighted by atomic mass is 15.1. The van der Waals surface area contributed by atoms with E-state index in [4.69, 9.17) is 0 Å². The minimum absolute atomic E-state index is 0.612. The fourth-order valence-electron chi connectivity index (χ4n) is 4.59. The molecule has 2 nitrogen and oxygen atoms in total. The summed E-state index contributed by atoms with van der Waals surface area (Å²) in [5.41, 5.74) is 8.84. The van der Waals surface area contributed by atoms with Crippen molar-refractivity contribution in [2.75, 3.05) is 7.05 Å². The number of hydrogen-bond acceptors (Lipinski definition) is 1. The van der Waals surface area contributed by atoms with Crippen LogP contribution in [-0.2, 0) is 25.9 Å². The van der Waals surface area contributed by atoms with Crippen molar-refractivity contribution in [1.29, 1.82) is 0 Å². The Morgan fingerprint density at radius 1 is 1.08 bits per heavy atom. The lowest BCUT2D eigenvalue weighted by Crippen LogP contribution is -2.35. The lowest BCUT2D eigenvalue weighted by Gasteiger charge is -2.31. The van der Waals surface area contributed by atoms with E-state index < -0.39 is 0 Å². The second-order valence-corrected chi connectivity index (χ2v) is 8.11. The van der Waals surface area contributed by atoms with Crippen molar-refractivity contribution in [3.8, 4) is 0 Å². The molecule has 0 spiro atoms. The first-order chi connectivity index (χ1) is 12.5. The molecule has 0 saturated heterocycles. The molecule has 2 heteroatoms. The summed E-state index contributed by atoms with van der Waals surface area (Å²) >= 11 is 0. The molecule has 2 aromatic carbocycles. The largest absolute Gasteiger partial charge is 0.344 e. The molecule has 0 fully saturated rings. The summed E-state index contributed by atoms with van der Waals surface area (Å²) in [7, 11) is 2.26. The van der Waals surface area contributed by atoms with Gasteiger partial charge in [-0.15, -0.1) is 0 Å². The molecule has 4 rings (SSSR count). The van der Waals surface area contributed by atoms with E-state index in [1.165, 1.54) is 34.0 Å². The molecule has 1 atom stereocenters. The average molecular weight is 347 g/mol. The smallest absolute Gasteiger partial charge is 0.0491 e. The van der Waals surface area contributed by atoms with Crippen LogP contribution in [0.1, 0.15) is 41.3 Å². The fourth-order valence-corrected chi connectivity index (χ4v) is 4.59. The molecule has 0 aliphatic carbocycles. The molecule has 1 aliphatic rings. The van der Waals surface area contributed by atoms with Crippen LogP contribution in [0.4, 0.5) is 0 Å². The molecular formula is C24H30N2. The van der Waals surface area contributed by atoms with Crippen molar-refractivity contribution in [3.05, 3.63) is 70.4 Å². The maximum Gasteiger partial charge on any atom is 0.0491 e. The Hall–Kier alpha value is -2.06. The van der Waals surface area contributed by atoms with E-state index in [-0.39, 0.29) is 0 Å². The number of benzene rings is 2. The topological polar surface area (TPSA) is 8.17 Å². The van der Waals surface area contributed by atoms with Gasteiger partial charge in [0.1, 0.15) is 0 Å². The van der Waals surface area contributed by atoms with Gasteiger partial charge in [-0.05, 0) is 69.0 Å². The molecule has 26 heavy (non-hydrogen) atoms. The van der Waals surface area contributed by atoms with E-state index in [1.807, 2.05) is 0 Å². The molecule has 1 aliphatic heterocycles. The Morgan fingerprint density at radius 3 is 2.62 bits per heavy atom. The Morgan fingerprint density at radius 2 is 1.85 bits per heavy atom. The highest BCUT2D eigenvalue weighted by Crippen LogP contribution is 2.35. The first kappa shape index (κ1) is 17.4. The molecule has 1 unspecified atom stereocenters. The molecule has 136 valence electrons. The van der Waals surface area contributed by atoms with Gasteiger partial charge in [0.2, 0.25) is 0 Å². The zero-order chi connectivity index (χ0) is 18.3. The van der Waals surface area contributed by atoms with Crippen molar-refractivity contribution in [3.63, 3.8) is 0 Å². The summed E-state index contributed by atoms with van der Waals surface area (Å²) in [5, 5.41) is 1.50. The predicted molar refractivity (Wildman–Crippen MR) is 111 cm³/mol. The Bertz CT molecular complexity index is 921. The van der Waals surface area contributed by atoms with Crippen LogP contribution in [0.15, 0.2) is 42.5 Å². The van der Waals surface area contributed by atoms with Crippen LogP contribution in [0.3, 0.4) is 0 Å². The van der Waals surface area contributed by atoms with Crippen LogP contribution in [0.25, 0.3) is 10.9 Å². The Balaban J connectivity index is 1.72. The van der Waals surface area contributed by atoms with Gasteiger partial charge in [-0.25, -0.2) is 0 Å². The number of likely N-dealkylation sites (N-methyl/N-ethyl adjacent to an activating group) is 1. The van der Waals surface area contributed by atoms with Crippen LogP contribution < -0.4 is 0 Å². The van der Waals surface area contributed by atoms with E-state index in [0.29, 0.717) is 6.04 Å². The summed E-state index contributed by atoms with van der Waals surface area (Å²) in [6.07, 6.45) is 3.50. The summed E-state index contributed by atoms with van der Waals surface area (Å²) < 4.78 is 2.64. The standard InChI is InChI=1S/C24H30N2/c1-17-13-18(2)24-21-16-25(4)19(3)15-22(21)26(23(24)14-17)12-8-11-20-9-6-5-7-10-20/h5-7,9-10,13-14,19H,8,11-12,15-16H2,1-4H3. The number of nitrogens with zero attached hydrogens (tertiary/aromatic N) is 2. The van der Waals surface area contributed by atoms with E-state index in [1.54, 1.807) is 11.3 Å². The highest BCUT2D eigenvalue weighted by molar-refractivity contribution is 5.89. The van der Waals surface area contributed by atoms with Crippen molar-refractivity contribution >= 4 is 10.9 Å². The van der Waals surface area contributed by atoms with Gasteiger partial charge in [-0.2, -0.15) is 0 Å². The summed E-state index contributed by atoms with van der Waals surface area (Å²) in [4.78, 5) is 2.50. The minimum atomic E-state index is 0.612. The van der Waals surface area contributed by atoms with Gasteiger partial charge in [0.15, 0.2) is 0 Å². The number of hydrogen-bond donors (Lipinski definition) is 0. The third-order valence-corrected chi connectivity index (χ3v) is 6.06. The second kappa shape index (κ2) is 6.92. The zero-order valence-electron chi connectivity index (χ0n) is 16.5. The third-order valence-electron chi connectivity index (χ3n) is 6.06. The number of rotatable bonds is 4. The van der Waals surface area contributed by atoms with Gasteiger partial charge >= 0.3 is 0 Å². The molecule has 0 saturated carbocycles. The predicted octanol–water partition coefficient (Wildman–Crippen LogP) is 5.27. The molecule has 3 aromatic rings. The van der Waals surface area contributed by atoms with Gasteiger partial charge in [-0.3, -0.25) is 4.90 Å². The SMILES string of the molecule is Cc1cc(C)c2c3c(n(CCCc4ccccc4)c2c1)CC(C)N(C)C3. The van der Waals surface area contributed by atoms with E-state index in [0.717, 1.165) is 25.9 Å². The van der Waals surface area contributed by atoms with Crippen molar-refractivity contribution < 1.29 is 0 Å². The first-order valence-electron chi connectivity index (χ1n) is 9.90. The van der Waals surface area contributed by atoms with Gasteiger partial charge < -0.3 is 4.57 Å². The number of fused-ring (bicyclic) bond motifs is 3. The monoisotopic (exact) mass is 346 g/mol. The summed E-state index contributed by atoms with van der Waals surface area (Å²) in [5.74, 6) is 0. The van der Waals surface area contributed by atoms with Gasteiger partial charge in [0, 0.05) is 42.1 Å². The fraction of sp³-hybridized carbons (Fsp3) is 0.417. The lowest BCUT2D eigenvalue weighted by atomic mass is 9.97. The average Bonchev–Trinajstić information content (AvgIpc) is 2.89. The van der Waals surface area contributed by atoms with Gasteiger partial charge in [-0.1, -0.05) is 36.4 Å². The Kier molecular flexibility index (Phi) is 4.62. The van der Waals surface area contributed by atoms with E-state index >= 15 is 0 Å². The maximum absolute atomic E-state index is 2.64. The zero-order valence-corrected chi connectivity index (χ0v) is 16.5. The molecule has 0 amide bonds. The Labute approximate surface area is 157 Å². The van der Waals surface area contributed by atoms with Gasteiger partial charge in [0.25, 0.3) is 0 Å². The van der Waals surface area contributed by atoms with Crippen molar-refractivity contribution in [2.45, 2.75) is 59.2 Å². The molecule has 0 radical (unpaired) electrons. The molecule has 0 bridgehead atoms. The van der Waals surface area contributed by atoms with Crippen LogP contribution in [-0.4, -0.2) is 22.6 Å².